The number of thiophene rings is 1. The number of rotatable bonds is 7. The standard InChI is InChI=1S/C15H15N3OS2/c1-2-6-12(7-3-1)19-9-5-11-21-15-16-14(17-18-15)13-8-4-10-20-13/h1-4,6-8,10H,5,9,11H2,(H,16,17,18). The monoisotopic (exact) mass is 317 g/mol. The lowest BCUT2D eigenvalue weighted by atomic mass is 10.3. The number of para-hydroxylation sites is 1. The molecule has 0 unspecified atom stereocenters. The van der Waals surface area contributed by atoms with Crippen LogP contribution in [0.3, 0.4) is 0 Å². The summed E-state index contributed by atoms with van der Waals surface area (Å²) in [6.45, 7) is 0.708. The van der Waals surface area contributed by atoms with Crippen LogP contribution < -0.4 is 4.74 Å². The minimum absolute atomic E-state index is 0.708. The molecule has 0 spiro atoms. The molecule has 21 heavy (non-hydrogen) atoms. The molecule has 0 saturated carbocycles. The highest BCUT2D eigenvalue weighted by atomic mass is 32.2. The van der Waals surface area contributed by atoms with Crippen LogP contribution >= 0.6 is 23.1 Å². The van der Waals surface area contributed by atoms with Gasteiger partial charge in [-0.1, -0.05) is 36.0 Å². The van der Waals surface area contributed by atoms with Crippen LogP contribution in [-0.2, 0) is 0 Å². The number of aromatic nitrogens is 3. The van der Waals surface area contributed by atoms with Crippen molar-refractivity contribution in [3.05, 3.63) is 47.8 Å². The normalized spacial score (nSPS) is 10.7. The van der Waals surface area contributed by atoms with Gasteiger partial charge in [-0.3, -0.25) is 5.10 Å². The molecule has 6 heteroatoms. The fourth-order valence-corrected chi connectivity index (χ4v) is 3.14. The van der Waals surface area contributed by atoms with E-state index in [4.69, 9.17) is 4.74 Å². The van der Waals surface area contributed by atoms with E-state index < -0.39 is 0 Å². The number of benzene rings is 1. The molecule has 2 heterocycles. The van der Waals surface area contributed by atoms with E-state index in [1.54, 1.807) is 23.1 Å². The first kappa shape index (κ1) is 14.2. The van der Waals surface area contributed by atoms with E-state index in [-0.39, 0.29) is 0 Å². The summed E-state index contributed by atoms with van der Waals surface area (Å²) in [7, 11) is 0. The maximum atomic E-state index is 5.65. The number of ether oxygens (including phenoxy) is 1. The number of thioether (sulfide) groups is 1. The average Bonchev–Trinajstić information content (AvgIpc) is 3.19. The lowest BCUT2D eigenvalue weighted by Gasteiger charge is -2.04. The van der Waals surface area contributed by atoms with Crippen molar-refractivity contribution in [2.45, 2.75) is 11.6 Å². The van der Waals surface area contributed by atoms with Crippen molar-refractivity contribution in [2.24, 2.45) is 0 Å². The van der Waals surface area contributed by atoms with Crippen molar-refractivity contribution in [3.8, 4) is 16.5 Å². The first-order valence-corrected chi connectivity index (χ1v) is 8.55. The molecule has 0 radical (unpaired) electrons. The molecular formula is C15H15N3OS2. The van der Waals surface area contributed by atoms with Gasteiger partial charge in [-0.15, -0.1) is 16.4 Å². The Morgan fingerprint density at radius 2 is 2.05 bits per heavy atom. The Labute approximate surface area is 131 Å². The number of nitrogens with one attached hydrogen (secondary N) is 1. The van der Waals surface area contributed by atoms with Gasteiger partial charge in [0.25, 0.3) is 0 Å². The van der Waals surface area contributed by atoms with E-state index in [2.05, 4.69) is 15.2 Å². The zero-order valence-corrected chi connectivity index (χ0v) is 13.0. The van der Waals surface area contributed by atoms with Crippen LogP contribution in [0.1, 0.15) is 6.42 Å². The topological polar surface area (TPSA) is 50.8 Å². The molecule has 3 rings (SSSR count). The molecule has 0 saturated heterocycles. The maximum absolute atomic E-state index is 5.65. The van der Waals surface area contributed by atoms with Gasteiger partial charge in [-0.2, -0.15) is 0 Å². The van der Waals surface area contributed by atoms with Crippen molar-refractivity contribution in [1.29, 1.82) is 0 Å². The lowest BCUT2D eigenvalue weighted by Crippen LogP contribution is -1.98. The number of hydrogen-bond acceptors (Lipinski definition) is 5. The van der Waals surface area contributed by atoms with Gasteiger partial charge in [0.1, 0.15) is 5.75 Å². The van der Waals surface area contributed by atoms with Gasteiger partial charge in [-0.25, -0.2) is 4.98 Å². The first-order chi connectivity index (χ1) is 10.4. The second kappa shape index (κ2) is 7.28. The van der Waals surface area contributed by atoms with Crippen LogP contribution in [0.15, 0.2) is 53.0 Å². The summed E-state index contributed by atoms with van der Waals surface area (Å²) in [5.41, 5.74) is 0. The summed E-state index contributed by atoms with van der Waals surface area (Å²) in [6, 6.07) is 13.9. The molecule has 108 valence electrons. The summed E-state index contributed by atoms with van der Waals surface area (Å²) < 4.78 is 5.65. The number of nitrogens with zero attached hydrogens (tertiary/aromatic N) is 2. The summed E-state index contributed by atoms with van der Waals surface area (Å²) in [6.07, 6.45) is 0.961. The maximum Gasteiger partial charge on any atom is 0.208 e. The SMILES string of the molecule is c1ccc(OCCCSc2n[nH]c(-c3cccs3)n2)cc1. The molecule has 4 nitrogen and oxygen atoms in total. The van der Waals surface area contributed by atoms with E-state index in [0.29, 0.717) is 6.61 Å². The minimum atomic E-state index is 0.708. The fourth-order valence-electron chi connectivity index (χ4n) is 1.76. The zero-order valence-electron chi connectivity index (χ0n) is 11.4. The number of H-pyrrole nitrogens is 1. The third-order valence-corrected chi connectivity index (χ3v) is 4.56. The smallest absolute Gasteiger partial charge is 0.208 e. The Balaban J connectivity index is 1.40. The largest absolute Gasteiger partial charge is 0.494 e. The summed E-state index contributed by atoms with van der Waals surface area (Å²) in [5, 5.41) is 10.0. The molecule has 0 bridgehead atoms. The second-order valence-corrected chi connectivity index (χ2v) is 6.32. The predicted octanol–water partition coefficient (Wildman–Crippen LogP) is 4.09. The van der Waals surface area contributed by atoms with Gasteiger partial charge in [0.05, 0.1) is 11.5 Å². The molecule has 0 atom stereocenters. The molecule has 0 fully saturated rings. The Kier molecular flexibility index (Phi) is 4.91. The quantitative estimate of drug-likeness (QED) is 0.526. The molecule has 0 aliphatic carbocycles. The molecule has 1 N–H and O–H groups in total. The Bertz CT molecular complexity index is 653. The van der Waals surface area contributed by atoms with E-state index in [1.807, 2.05) is 47.8 Å². The van der Waals surface area contributed by atoms with E-state index in [9.17, 15) is 0 Å². The van der Waals surface area contributed by atoms with Crippen LogP contribution in [0, 0.1) is 0 Å². The first-order valence-electron chi connectivity index (χ1n) is 6.69. The van der Waals surface area contributed by atoms with Gasteiger partial charge < -0.3 is 4.74 Å². The molecule has 0 aliphatic heterocycles. The van der Waals surface area contributed by atoms with Crippen LogP contribution in [-0.4, -0.2) is 27.5 Å². The van der Waals surface area contributed by atoms with E-state index in [1.165, 1.54) is 0 Å². The summed E-state index contributed by atoms with van der Waals surface area (Å²) in [5.74, 6) is 2.70. The van der Waals surface area contributed by atoms with Crippen molar-refractivity contribution in [2.75, 3.05) is 12.4 Å². The van der Waals surface area contributed by atoms with Crippen LogP contribution in [0.5, 0.6) is 5.75 Å². The zero-order chi connectivity index (χ0) is 14.3. The second-order valence-electron chi connectivity index (χ2n) is 4.31. The molecule has 1 aromatic carbocycles. The molecule has 0 amide bonds. The van der Waals surface area contributed by atoms with Gasteiger partial charge in [0, 0.05) is 5.75 Å². The fraction of sp³-hybridized carbons (Fsp3) is 0.200. The average molecular weight is 317 g/mol. The van der Waals surface area contributed by atoms with Crippen LogP contribution in [0.25, 0.3) is 10.7 Å². The van der Waals surface area contributed by atoms with Crippen LogP contribution in [0.4, 0.5) is 0 Å². The van der Waals surface area contributed by atoms with Gasteiger partial charge in [0.2, 0.25) is 5.16 Å². The van der Waals surface area contributed by atoms with Crippen LogP contribution in [0.2, 0.25) is 0 Å². The van der Waals surface area contributed by atoms with E-state index in [0.717, 1.165) is 33.8 Å². The lowest BCUT2D eigenvalue weighted by molar-refractivity contribution is 0.318. The Morgan fingerprint density at radius 3 is 2.86 bits per heavy atom. The summed E-state index contributed by atoms with van der Waals surface area (Å²) in [4.78, 5) is 5.59. The van der Waals surface area contributed by atoms with Gasteiger partial charge >= 0.3 is 0 Å². The van der Waals surface area contributed by atoms with Gasteiger partial charge in [-0.05, 0) is 30.0 Å². The van der Waals surface area contributed by atoms with Gasteiger partial charge in [0.15, 0.2) is 5.82 Å². The number of hydrogen-bond donors (Lipinski definition) is 1. The predicted molar refractivity (Wildman–Crippen MR) is 87.0 cm³/mol. The van der Waals surface area contributed by atoms with Crippen molar-refractivity contribution >= 4 is 23.1 Å². The number of aromatic amines is 1. The third kappa shape index (κ3) is 4.09. The van der Waals surface area contributed by atoms with Crippen molar-refractivity contribution in [1.82, 2.24) is 15.2 Å². The molecule has 0 aliphatic rings. The Hall–Kier alpha value is -1.79. The third-order valence-electron chi connectivity index (χ3n) is 2.75. The molecule has 3 aromatic rings. The van der Waals surface area contributed by atoms with Crippen molar-refractivity contribution < 1.29 is 4.74 Å². The summed E-state index contributed by atoms with van der Waals surface area (Å²) >= 11 is 3.30. The molecule has 2 aromatic heterocycles. The van der Waals surface area contributed by atoms with E-state index >= 15 is 0 Å². The highest BCUT2D eigenvalue weighted by Crippen LogP contribution is 2.23. The molecular weight excluding hydrogens is 302 g/mol. The highest BCUT2D eigenvalue weighted by molar-refractivity contribution is 7.99. The van der Waals surface area contributed by atoms with Crippen molar-refractivity contribution in [3.63, 3.8) is 0 Å². The minimum Gasteiger partial charge on any atom is -0.494 e. The Morgan fingerprint density at radius 1 is 1.14 bits per heavy atom. The highest BCUT2D eigenvalue weighted by Gasteiger charge is 2.06.